The van der Waals surface area contributed by atoms with E-state index < -0.39 is 0 Å². The normalized spacial score (nSPS) is 10.9. The highest BCUT2D eigenvalue weighted by Crippen LogP contribution is 2.32. The van der Waals surface area contributed by atoms with Crippen molar-refractivity contribution >= 4 is 49.9 Å². The lowest BCUT2D eigenvalue weighted by Gasteiger charge is -2.12. The molecule has 0 atom stereocenters. The second kappa shape index (κ2) is 8.99. The highest BCUT2D eigenvalue weighted by atomic mass is 79.9. The number of nitrogens with one attached hydrogen (secondary N) is 2. The Hall–Kier alpha value is -4.17. The molecule has 0 saturated heterocycles. The van der Waals surface area contributed by atoms with Crippen LogP contribution in [0.15, 0.2) is 87.9 Å². The fourth-order valence-corrected chi connectivity index (χ4v) is 4.04. The predicted molar refractivity (Wildman–Crippen MR) is 135 cm³/mol. The van der Waals surface area contributed by atoms with Crippen molar-refractivity contribution in [1.82, 2.24) is 10.1 Å². The van der Waals surface area contributed by atoms with Gasteiger partial charge in [0.15, 0.2) is 5.76 Å². The van der Waals surface area contributed by atoms with Crippen LogP contribution >= 0.6 is 15.9 Å². The van der Waals surface area contributed by atoms with Gasteiger partial charge in [-0.2, -0.15) is 0 Å². The second-order valence-electron chi connectivity index (χ2n) is 7.67. The summed E-state index contributed by atoms with van der Waals surface area (Å²) >= 11 is 3.48. The van der Waals surface area contributed by atoms with Gasteiger partial charge in [-0.25, -0.2) is 4.98 Å². The van der Waals surface area contributed by atoms with E-state index in [1.54, 1.807) is 37.3 Å². The van der Waals surface area contributed by atoms with E-state index in [0.717, 1.165) is 10.0 Å². The number of hydrogen-bond donors (Lipinski definition) is 3. The third-order valence-corrected chi connectivity index (χ3v) is 5.78. The molecule has 5 aromatic rings. The van der Waals surface area contributed by atoms with Crippen LogP contribution < -0.4 is 10.6 Å². The Labute approximate surface area is 203 Å². The number of carbonyl (C=O) groups is 1. The average molecular weight is 515 g/mol. The Balaban J connectivity index is 1.56. The van der Waals surface area contributed by atoms with E-state index in [-0.39, 0.29) is 11.7 Å². The number of anilines is 3. The molecule has 168 valence electrons. The number of phenolic OH excluding ortho intramolecular Hbond substituents is 1. The lowest BCUT2D eigenvalue weighted by atomic mass is 10.1. The number of aryl methyl sites for hydroxylation is 1. The third kappa shape index (κ3) is 4.35. The molecule has 3 N–H and O–H groups in total. The molecule has 0 aliphatic heterocycles. The van der Waals surface area contributed by atoms with E-state index in [1.807, 2.05) is 48.5 Å². The van der Waals surface area contributed by atoms with Gasteiger partial charge in [0.25, 0.3) is 5.91 Å². The zero-order chi connectivity index (χ0) is 23.7. The molecule has 0 spiro atoms. The maximum Gasteiger partial charge on any atom is 0.256 e. The van der Waals surface area contributed by atoms with Gasteiger partial charge in [-0.15, -0.1) is 0 Å². The number of phenols is 1. The summed E-state index contributed by atoms with van der Waals surface area (Å²) in [5, 5.41) is 20.8. The largest absolute Gasteiger partial charge is 0.508 e. The quantitative estimate of drug-likeness (QED) is 0.242. The highest BCUT2D eigenvalue weighted by Gasteiger charge is 2.20. The molecule has 0 radical (unpaired) electrons. The minimum atomic E-state index is -0.326. The topological polar surface area (TPSA) is 100 Å². The van der Waals surface area contributed by atoms with E-state index >= 15 is 0 Å². The first-order chi connectivity index (χ1) is 16.5. The van der Waals surface area contributed by atoms with Gasteiger partial charge in [-0.3, -0.25) is 4.79 Å². The molecule has 34 heavy (non-hydrogen) atoms. The maximum absolute atomic E-state index is 13.5. The highest BCUT2D eigenvalue weighted by molar-refractivity contribution is 9.10. The van der Waals surface area contributed by atoms with Crippen LogP contribution in [-0.2, 0) is 0 Å². The number of carbonyl (C=O) groups excluding carboxylic acids is 1. The summed E-state index contributed by atoms with van der Waals surface area (Å²) < 4.78 is 6.22. The molecule has 0 unspecified atom stereocenters. The Morgan fingerprint density at radius 2 is 1.82 bits per heavy atom. The van der Waals surface area contributed by atoms with E-state index in [9.17, 15) is 9.90 Å². The number of nitrogens with zero attached hydrogens (tertiary/aromatic N) is 2. The van der Waals surface area contributed by atoms with Gasteiger partial charge in [0.05, 0.1) is 11.1 Å². The number of hydrogen-bond acceptors (Lipinski definition) is 6. The van der Waals surface area contributed by atoms with Crippen LogP contribution in [0.4, 0.5) is 17.2 Å². The number of aromatic hydroxyl groups is 1. The monoisotopic (exact) mass is 514 g/mol. The van der Waals surface area contributed by atoms with Gasteiger partial charge < -0.3 is 20.3 Å². The summed E-state index contributed by atoms with van der Waals surface area (Å²) in [4.78, 5) is 18.2. The molecule has 0 aliphatic carbocycles. The Morgan fingerprint density at radius 3 is 2.62 bits per heavy atom. The molecule has 8 heteroatoms. The number of fused-ring (bicyclic) bond motifs is 1. The standard InChI is InChI=1S/C26H19BrN4O3/c1-15-24(25(31-34-15)16-6-3-2-4-7-16)30-26(33)21-14-23(28-18-8-5-9-19(32)13-18)29-22-11-10-17(27)12-20(21)22/h2-14,32H,1H3,(H,28,29)(H,30,33). The van der Waals surface area contributed by atoms with Crippen molar-refractivity contribution in [2.24, 2.45) is 0 Å². The van der Waals surface area contributed by atoms with Gasteiger partial charge >= 0.3 is 0 Å². The number of amides is 1. The summed E-state index contributed by atoms with van der Waals surface area (Å²) in [5.41, 5.74) is 3.62. The van der Waals surface area contributed by atoms with Crippen molar-refractivity contribution in [3.63, 3.8) is 0 Å². The van der Waals surface area contributed by atoms with E-state index in [0.29, 0.717) is 45.1 Å². The molecule has 2 aromatic heterocycles. The maximum atomic E-state index is 13.5. The van der Waals surface area contributed by atoms with Gasteiger partial charge in [-0.05, 0) is 43.3 Å². The van der Waals surface area contributed by atoms with Crippen molar-refractivity contribution in [3.8, 4) is 17.0 Å². The van der Waals surface area contributed by atoms with Crippen LogP contribution in [0.2, 0.25) is 0 Å². The number of pyridine rings is 1. The minimum absolute atomic E-state index is 0.129. The van der Waals surface area contributed by atoms with Crippen molar-refractivity contribution < 1.29 is 14.4 Å². The third-order valence-electron chi connectivity index (χ3n) is 5.28. The molecular weight excluding hydrogens is 496 g/mol. The predicted octanol–water partition coefficient (Wildman–Crippen LogP) is 6.66. The van der Waals surface area contributed by atoms with Crippen LogP contribution in [0.1, 0.15) is 16.1 Å². The lowest BCUT2D eigenvalue weighted by molar-refractivity contribution is 0.102. The zero-order valence-corrected chi connectivity index (χ0v) is 19.6. The summed E-state index contributed by atoms with van der Waals surface area (Å²) in [6.07, 6.45) is 0. The number of rotatable bonds is 5. The Morgan fingerprint density at radius 1 is 1.00 bits per heavy atom. The molecular formula is C26H19BrN4O3. The summed E-state index contributed by atoms with van der Waals surface area (Å²) in [6, 6.07) is 23.5. The molecule has 3 aromatic carbocycles. The fourth-order valence-electron chi connectivity index (χ4n) is 3.67. The average Bonchev–Trinajstić information content (AvgIpc) is 3.19. The molecule has 0 saturated carbocycles. The van der Waals surface area contributed by atoms with Crippen molar-refractivity contribution in [2.75, 3.05) is 10.6 Å². The van der Waals surface area contributed by atoms with E-state index in [2.05, 4.69) is 36.7 Å². The van der Waals surface area contributed by atoms with Crippen LogP contribution in [0.25, 0.3) is 22.2 Å². The van der Waals surface area contributed by atoms with E-state index in [1.165, 1.54) is 0 Å². The molecule has 1 amide bonds. The molecule has 0 fully saturated rings. The second-order valence-corrected chi connectivity index (χ2v) is 8.59. The summed E-state index contributed by atoms with van der Waals surface area (Å²) in [5.74, 6) is 0.776. The molecule has 2 heterocycles. The van der Waals surface area contributed by atoms with E-state index in [4.69, 9.17) is 4.52 Å². The first-order valence-corrected chi connectivity index (χ1v) is 11.3. The molecule has 0 bridgehead atoms. The first-order valence-electron chi connectivity index (χ1n) is 10.5. The summed E-state index contributed by atoms with van der Waals surface area (Å²) in [6.45, 7) is 1.76. The van der Waals surface area contributed by atoms with Gasteiger partial charge in [0.1, 0.15) is 22.9 Å². The van der Waals surface area contributed by atoms with Crippen LogP contribution in [0.5, 0.6) is 5.75 Å². The van der Waals surface area contributed by atoms with Crippen molar-refractivity contribution in [1.29, 1.82) is 0 Å². The smallest absolute Gasteiger partial charge is 0.256 e. The van der Waals surface area contributed by atoms with Gasteiger partial charge in [0.2, 0.25) is 0 Å². The lowest BCUT2D eigenvalue weighted by Crippen LogP contribution is -2.14. The Kier molecular flexibility index (Phi) is 5.73. The van der Waals surface area contributed by atoms with Crippen LogP contribution in [-0.4, -0.2) is 21.2 Å². The van der Waals surface area contributed by atoms with Gasteiger partial charge in [0, 0.05) is 27.2 Å². The zero-order valence-electron chi connectivity index (χ0n) is 18.0. The molecule has 7 nitrogen and oxygen atoms in total. The fraction of sp³-hybridized carbons (Fsp3) is 0.0385. The summed E-state index contributed by atoms with van der Waals surface area (Å²) in [7, 11) is 0. The number of halogens is 1. The van der Waals surface area contributed by atoms with Gasteiger partial charge in [-0.1, -0.05) is 57.5 Å². The Bertz CT molecular complexity index is 1520. The first kappa shape index (κ1) is 21.7. The van der Waals surface area contributed by atoms with Crippen LogP contribution in [0, 0.1) is 6.92 Å². The number of benzene rings is 3. The number of aromatic nitrogens is 2. The SMILES string of the molecule is Cc1onc(-c2ccccc2)c1NC(=O)c1cc(Nc2cccc(O)c2)nc2ccc(Br)cc12. The van der Waals surface area contributed by atoms with Crippen LogP contribution in [0.3, 0.4) is 0 Å². The van der Waals surface area contributed by atoms with Crippen molar-refractivity contribution in [2.45, 2.75) is 6.92 Å². The minimum Gasteiger partial charge on any atom is -0.508 e. The molecule has 0 aliphatic rings. The van der Waals surface area contributed by atoms with Crippen molar-refractivity contribution in [3.05, 3.63) is 94.7 Å². The molecule has 5 rings (SSSR count).